The Kier molecular flexibility index (Phi) is 39.1. The van der Waals surface area contributed by atoms with Gasteiger partial charge in [-0.25, -0.2) is 4.79 Å². The number of carboxylic acid groups (broad SMARTS) is 1. The van der Waals surface area contributed by atoms with Crippen molar-refractivity contribution >= 4 is 70.9 Å². The third kappa shape index (κ3) is 30.1. The van der Waals surface area contributed by atoms with E-state index in [9.17, 15) is 29.1 Å². The first-order valence-corrected chi connectivity index (χ1v) is 39.1. The van der Waals surface area contributed by atoms with Crippen molar-refractivity contribution in [1.82, 2.24) is 49.8 Å². The summed E-state index contributed by atoms with van der Waals surface area (Å²) in [5.41, 5.74) is 20.5. The molecule has 0 aromatic heterocycles. The van der Waals surface area contributed by atoms with E-state index >= 15 is 24.0 Å². The van der Waals surface area contributed by atoms with E-state index in [2.05, 4.69) is 10.6 Å². The van der Waals surface area contributed by atoms with E-state index in [-0.39, 0.29) is 102 Å². The molecule has 0 aliphatic heterocycles. The normalized spacial score (nSPS) is 14.6. The molecule has 3 aliphatic rings. The Hall–Kier alpha value is -7.45. The largest absolute Gasteiger partial charge is 0.480 e. The molecule has 0 spiro atoms. The van der Waals surface area contributed by atoms with Gasteiger partial charge < -0.3 is 72.1 Å². The van der Waals surface area contributed by atoms with E-state index in [1.165, 1.54) is 31.4 Å². The van der Waals surface area contributed by atoms with E-state index in [1.54, 1.807) is 19.6 Å². The Morgan fingerprint density at radius 1 is 0.412 bits per heavy atom. The molecule has 9 N–H and O–H groups in total. The molecular weight excluding hydrogens is 1310 g/mol. The summed E-state index contributed by atoms with van der Waals surface area (Å²) in [6.45, 7) is -0.447. The number of carbonyl (C=O) groups is 10. The first kappa shape index (κ1) is 83.5. The second kappa shape index (κ2) is 47.7. The number of benzene rings is 3. The van der Waals surface area contributed by atoms with Crippen LogP contribution < -0.4 is 27.8 Å². The van der Waals surface area contributed by atoms with Gasteiger partial charge in [-0.2, -0.15) is 11.8 Å². The molecule has 24 nitrogen and oxygen atoms in total. The fraction of sp³-hybridized carbons (Fsp3) is 0.636. The van der Waals surface area contributed by atoms with Gasteiger partial charge in [0.25, 0.3) is 0 Å². The number of unbranched alkanes of at least 4 members (excludes halogenated alkanes) is 3. The Morgan fingerprint density at radius 2 is 0.735 bits per heavy atom. The molecule has 3 aromatic carbocycles. The van der Waals surface area contributed by atoms with Gasteiger partial charge in [0.1, 0.15) is 25.7 Å². The van der Waals surface area contributed by atoms with Crippen molar-refractivity contribution in [1.29, 1.82) is 0 Å². The Morgan fingerprint density at radius 3 is 1.11 bits per heavy atom. The Labute approximate surface area is 610 Å². The third-order valence-corrected chi connectivity index (χ3v) is 20.6. The van der Waals surface area contributed by atoms with Crippen LogP contribution in [0.5, 0.6) is 0 Å². The number of hydrogen-bond acceptors (Lipinski definition) is 15. The van der Waals surface area contributed by atoms with Gasteiger partial charge in [-0.15, -0.1) is 0 Å². The molecule has 3 fully saturated rings. The maximum atomic E-state index is 15.4. The standard InChI is InChI=1S/C77H119N13O11S/c1-102-51-41-67(77(100)101)82-68(91)53-83(46-24-21-43-79)72(95)58-89(65-34-16-6-17-35-65)76(99)60-90(66-36-18-7-19-37-66)75(98)57-87(50-40-63-30-12-4-13-31-63)71(94)54-84(47-25-22-44-80)70(93)55-86(49-39-62-28-10-3-11-29-62)73(96)59-88(64-32-14-5-15-33-64)74(97)56-85(48-38-61-26-8-2-9-27-61)69(92)52-81-45-23-20-42-78/h2-4,8-13,26-31,64-67,81H,5-7,14-25,32-60,78-80H2,1H3,(H,82,91)(H,100,101). The molecule has 1 unspecified atom stereocenters. The lowest BCUT2D eigenvalue weighted by Crippen LogP contribution is -2.56. The van der Waals surface area contributed by atoms with Crippen LogP contribution >= 0.6 is 11.8 Å². The van der Waals surface area contributed by atoms with Crippen LogP contribution in [-0.4, -0.2) is 257 Å². The second-order valence-corrected chi connectivity index (χ2v) is 28.6. The van der Waals surface area contributed by atoms with E-state index in [0.717, 1.165) is 87.3 Å². The van der Waals surface area contributed by atoms with E-state index in [1.807, 2.05) is 97.3 Å². The number of nitrogens with zero attached hydrogens (tertiary/aromatic N) is 8. The van der Waals surface area contributed by atoms with Crippen LogP contribution in [0, 0.1) is 0 Å². The zero-order valence-corrected chi connectivity index (χ0v) is 61.6. The number of amides is 9. The van der Waals surface area contributed by atoms with Gasteiger partial charge in [-0.3, -0.25) is 43.2 Å². The SMILES string of the molecule is CSCCC(NC(=O)CN(CCCCN)C(=O)CN(C(=O)CN(C(=O)CN(CCc1ccccc1)C(=O)CN(CCCCN)C(=O)CN(CCc1ccccc1)C(=O)CN(C(=O)CN(CCc1ccccc1)C(=O)CNCCCCN)C1CCCCC1)C1CCCCC1)C1CCCCC1)C(=O)O. The molecule has 3 saturated carbocycles. The minimum Gasteiger partial charge on any atom is -0.480 e. The predicted molar refractivity (Wildman–Crippen MR) is 399 cm³/mol. The van der Waals surface area contributed by atoms with Gasteiger partial charge >= 0.3 is 5.97 Å². The zero-order valence-electron chi connectivity index (χ0n) is 60.8. The highest BCUT2D eigenvalue weighted by Gasteiger charge is 2.37. The fourth-order valence-electron chi connectivity index (χ4n) is 13.9. The van der Waals surface area contributed by atoms with Gasteiger partial charge in [0.15, 0.2) is 0 Å². The molecule has 6 rings (SSSR count). The Balaban J connectivity index is 1.27. The van der Waals surface area contributed by atoms with E-state index in [0.29, 0.717) is 115 Å². The molecule has 0 radical (unpaired) electrons. The lowest BCUT2D eigenvalue weighted by molar-refractivity contribution is -0.151. The van der Waals surface area contributed by atoms with Crippen LogP contribution in [0.4, 0.5) is 0 Å². The van der Waals surface area contributed by atoms with Gasteiger partial charge in [0, 0.05) is 50.8 Å². The van der Waals surface area contributed by atoms with Crippen LogP contribution in [0.2, 0.25) is 0 Å². The van der Waals surface area contributed by atoms with E-state index < -0.39 is 79.5 Å². The molecule has 0 saturated heterocycles. The zero-order chi connectivity index (χ0) is 73.3. The highest BCUT2D eigenvalue weighted by Crippen LogP contribution is 2.28. The number of carboxylic acids is 1. The monoisotopic (exact) mass is 1430 g/mol. The van der Waals surface area contributed by atoms with Crippen LogP contribution in [0.1, 0.15) is 158 Å². The average Bonchev–Trinajstić information content (AvgIpc) is 0.839. The van der Waals surface area contributed by atoms with Crippen molar-refractivity contribution in [2.24, 2.45) is 17.2 Å². The topological polar surface area (TPSA) is 319 Å². The fourth-order valence-corrected chi connectivity index (χ4v) is 14.4. The van der Waals surface area contributed by atoms with Gasteiger partial charge in [-0.1, -0.05) is 149 Å². The number of hydrogen-bond donors (Lipinski definition) is 6. The average molecular weight is 1430 g/mol. The molecule has 25 heteroatoms. The molecule has 0 heterocycles. The van der Waals surface area contributed by atoms with Crippen molar-refractivity contribution in [3.63, 3.8) is 0 Å². The van der Waals surface area contributed by atoms with E-state index in [4.69, 9.17) is 17.2 Å². The molecule has 564 valence electrons. The Bertz CT molecular complexity index is 3010. The molecule has 102 heavy (non-hydrogen) atoms. The summed E-state index contributed by atoms with van der Waals surface area (Å²) in [5.74, 6) is -4.78. The van der Waals surface area contributed by atoms with Crippen molar-refractivity contribution in [2.45, 2.75) is 185 Å². The first-order valence-electron chi connectivity index (χ1n) is 37.7. The highest BCUT2D eigenvalue weighted by molar-refractivity contribution is 7.98. The highest BCUT2D eigenvalue weighted by atomic mass is 32.2. The summed E-state index contributed by atoms with van der Waals surface area (Å²) >= 11 is 1.45. The molecule has 3 aromatic rings. The van der Waals surface area contributed by atoms with Gasteiger partial charge in [0.2, 0.25) is 53.2 Å². The van der Waals surface area contributed by atoms with Crippen LogP contribution in [0.15, 0.2) is 91.0 Å². The smallest absolute Gasteiger partial charge is 0.326 e. The number of aliphatic carboxylic acids is 1. The summed E-state index contributed by atoms with van der Waals surface area (Å²) < 4.78 is 0. The lowest BCUT2D eigenvalue weighted by atomic mass is 9.93. The maximum Gasteiger partial charge on any atom is 0.326 e. The number of nitrogens with two attached hydrogens (primary N) is 3. The molecular formula is C77H119N13O11S. The second-order valence-electron chi connectivity index (χ2n) is 27.6. The number of rotatable bonds is 47. The van der Waals surface area contributed by atoms with Crippen LogP contribution in [0.3, 0.4) is 0 Å². The number of nitrogens with one attached hydrogen (secondary N) is 2. The molecule has 9 amide bonds. The van der Waals surface area contributed by atoms with Gasteiger partial charge in [-0.05, 0) is 158 Å². The maximum absolute atomic E-state index is 15.4. The molecule has 0 bridgehead atoms. The summed E-state index contributed by atoms with van der Waals surface area (Å²) in [7, 11) is 0. The summed E-state index contributed by atoms with van der Waals surface area (Å²) in [5, 5.41) is 15.7. The van der Waals surface area contributed by atoms with Crippen molar-refractivity contribution < 1.29 is 53.1 Å². The third-order valence-electron chi connectivity index (χ3n) is 20.0. The minimum atomic E-state index is -1.18. The predicted octanol–water partition coefficient (Wildman–Crippen LogP) is 5.47. The number of thioether (sulfide) groups is 1. The molecule has 1 atom stereocenters. The number of carbonyl (C=O) groups excluding carboxylic acids is 9. The van der Waals surface area contributed by atoms with Crippen molar-refractivity contribution in [2.75, 3.05) is 130 Å². The van der Waals surface area contributed by atoms with Crippen molar-refractivity contribution in [3.8, 4) is 0 Å². The minimum absolute atomic E-state index is 0.0296. The van der Waals surface area contributed by atoms with Crippen LogP contribution in [-0.2, 0) is 67.2 Å². The summed E-state index contributed by atoms with van der Waals surface area (Å²) in [4.78, 5) is 158. The molecule has 3 aliphatic carbocycles. The summed E-state index contributed by atoms with van der Waals surface area (Å²) in [6, 6.07) is 26.8. The van der Waals surface area contributed by atoms with Crippen LogP contribution in [0.25, 0.3) is 0 Å². The quantitative estimate of drug-likeness (QED) is 0.0382. The summed E-state index contributed by atoms with van der Waals surface area (Å²) in [6.07, 6.45) is 18.6. The first-order chi connectivity index (χ1) is 49.5. The lowest BCUT2D eigenvalue weighted by Gasteiger charge is -2.39. The van der Waals surface area contributed by atoms with Crippen molar-refractivity contribution in [3.05, 3.63) is 108 Å². The van der Waals surface area contributed by atoms with Gasteiger partial charge in [0.05, 0.1) is 39.3 Å².